The maximum Gasteiger partial charge on any atom is 0.133 e. The van der Waals surface area contributed by atoms with E-state index >= 15 is 0 Å². The van der Waals surface area contributed by atoms with Gasteiger partial charge in [-0.15, -0.1) is 0 Å². The second-order valence-electron chi connectivity index (χ2n) is 6.53. The van der Waals surface area contributed by atoms with Gasteiger partial charge in [-0.3, -0.25) is 0 Å². The van der Waals surface area contributed by atoms with E-state index in [-0.39, 0.29) is 6.10 Å². The summed E-state index contributed by atoms with van der Waals surface area (Å²) in [6.07, 6.45) is 0.276. The summed E-state index contributed by atoms with van der Waals surface area (Å²) in [4.78, 5) is 7.20. The molecule has 1 aliphatic rings. The van der Waals surface area contributed by atoms with E-state index in [0.29, 0.717) is 5.92 Å². The minimum absolute atomic E-state index is 0.276. The molecule has 118 valence electrons. The van der Waals surface area contributed by atoms with Crippen LogP contribution in [-0.2, 0) is 11.3 Å². The monoisotopic (exact) mass is 291 g/mol. The molecule has 2 heterocycles. The third kappa shape index (κ3) is 4.42. The molecular weight excluding hydrogens is 262 g/mol. The summed E-state index contributed by atoms with van der Waals surface area (Å²) in [5.74, 6) is 1.80. The lowest BCUT2D eigenvalue weighted by molar-refractivity contribution is 0.0528. The van der Waals surface area contributed by atoms with E-state index in [1.165, 1.54) is 11.1 Å². The van der Waals surface area contributed by atoms with Gasteiger partial charge in [-0.25, -0.2) is 4.98 Å². The molecule has 0 bridgehead atoms. The van der Waals surface area contributed by atoms with Gasteiger partial charge < -0.3 is 15.0 Å². The first-order valence-electron chi connectivity index (χ1n) is 8.01. The van der Waals surface area contributed by atoms with Crippen molar-refractivity contribution in [2.24, 2.45) is 5.92 Å². The highest BCUT2D eigenvalue weighted by atomic mass is 16.5. The largest absolute Gasteiger partial charge is 0.375 e. The zero-order valence-electron chi connectivity index (χ0n) is 14.1. The molecule has 1 unspecified atom stereocenters. The fraction of sp³-hybridized carbons (Fsp3) is 0.706. The molecule has 1 N–H and O–H groups in total. The Bertz CT molecular complexity index is 473. The summed E-state index contributed by atoms with van der Waals surface area (Å²) in [6.45, 7) is 15.4. The van der Waals surface area contributed by atoms with Gasteiger partial charge in [0.25, 0.3) is 0 Å². The number of nitrogens with zero attached hydrogens (tertiary/aromatic N) is 2. The third-order valence-electron chi connectivity index (χ3n) is 3.85. The molecule has 21 heavy (non-hydrogen) atoms. The molecule has 0 saturated carbocycles. The summed E-state index contributed by atoms with van der Waals surface area (Å²) in [5, 5.41) is 3.55. The molecule has 1 aromatic heterocycles. The third-order valence-corrected chi connectivity index (χ3v) is 3.85. The minimum atomic E-state index is 0.276. The lowest BCUT2D eigenvalue weighted by Gasteiger charge is -2.34. The molecule has 4 heteroatoms. The van der Waals surface area contributed by atoms with Crippen LogP contribution in [0.3, 0.4) is 0 Å². The number of aromatic nitrogens is 1. The normalized spacial score (nSPS) is 19.3. The van der Waals surface area contributed by atoms with Crippen LogP contribution in [0.1, 0.15) is 37.6 Å². The first kappa shape index (κ1) is 16.2. The first-order valence-corrected chi connectivity index (χ1v) is 8.01. The highest BCUT2D eigenvalue weighted by Crippen LogP contribution is 2.24. The Labute approximate surface area is 128 Å². The van der Waals surface area contributed by atoms with E-state index in [0.717, 1.165) is 44.3 Å². The maximum absolute atomic E-state index is 5.66. The summed E-state index contributed by atoms with van der Waals surface area (Å²) in [5.41, 5.74) is 3.75. The van der Waals surface area contributed by atoms with Gasteiger partial charge >= 0.3 is 0 Å². The molecule has 1 atom stereocenters. The molecule has 0 aromatic carbocycles. The SMILES string of the molecule is Cc1cc(C)c(CNCC(C)C)c(N2CCOC(C)C2)n1. The lowest BCUT2D eigenvalue weighted by Crippen LogP contribution is -2.42. The molecule has 1 aliphatic heterocycles. The smallest absolute Gasteiger partial charge is 0.133 e. The van der Waals surface area contributed by atoms with Crippen molar-refractivity contribution in [2.45, 2.75) is 47.3 Å². The Morgan fingerprint density at radius 1 is 1.43 bits per heavy atom. The van der Waals surface area contributed by atoms with E-state index in [4.69, 9.17) is 9.72 Å². The molecule has 0 aliphatic carbocycles. The van der Waals surface area contributed by atoms with Gasteiger partial charge in [-0.1, -0.05) is 13.8 Å². The van der Waals surface area contributed by atoms with E-state index < -0.39 is 0 Å². The number of nitrogens with one attached hydrogen (secondary N) is 1. The van der Waals surface area contributed by atoms with Crippen molar-refractivity contribution in [3.63, 3.8) is 0 Å². The Balaban J connectivity index is 2.21. The van der Waals surface area contributed by atoms with Crippen molar-refractivity contribution >= 4 is 5.82 Å². The Morgan fingerprint density at radius 3 is 2.86 bits per heavy atom. The van der Waals surface area contributed by atoms with Gasteiger partial charge in [-0.2, -0.15) is 0 Å². The van der Waals surface area contributed by atoms with Crippen molar-refractivity contribution in [3.05, 3.63) is 22.9 Å². The second kappa shape index (κ2) is 7.23. The Kier molecular flexibility index (Phi) is 5.59. The number of ether oxygens (including phenoxy) is 1. The number of hydrogen-bond donors (Lipinski definition) is 1. The van der Waals surface area contributed by atoms with Crippen LogP contribution in [0.5, 0.6) is 0 Å². The number of morpholine rings is 1. The zero-order valence-corrected chi connectivity index (χ0v) is 14.1. The molecule has 2 rings (SSSR count). The van der Waals surface area contributed by atoms with Crippen LogP contribution in [0, 0.1) is 19.8 Å². The van der Waals surface area contributed by atoms with Gasteiger partial charge in [0.05, 0.1) is 12.7 Å². The van der Waals surface area contributed by atoms with Gasteiger partial charge in [0.1, 0.15) is 5.82 Å². The van der Waals surface area contributed by atoms with Crippen LogP contribution in [0.2, 0.25) is 0 Å². The zero-order chi connectivity index (χ0) is 15.4. The molecule has 1 aromatic rings. The summed E-state index contributed by atoms with van der Waals surface area (Å²) < 4.78 is 5.66. The number of aryl methyl sites for hydroxylation is 2. The van der Waals surface area contributed by atoms with Crippen LogP contribution < -0.4 is 10.2 Å². The van der Waals surface area contributed by atoms with Gasteiger partial charge in [-0.05, 0) is 44.9 Å². The van der Waals surface area contributed by atoms with Crippen LogP contribution in [0.25, 0.3) is 0 Å². The molecule has 0 amide bonds. The maximum atomic E-state index is 5.66. The average molecular weight is 291 g/mol. The standard InChI is InChI=1S/C17H29N3O/c1-12(2)9-18-10-16-13(3)8-14(4)19-17(16)20-6-7-21-15(5)11-20/h8,12,15,18H,6-7,9-11H2,1-5H3. The fourth-order valence-corrected chi connectivity index (χ4v) is 2.82. The van der Waals surface area contributed by atoms with Gasteiger partial charge in [0, 0.05) is 30.9 Å². The quantitative estimate of drug-likeness (QED) is 0.905. The Morgan fingerprint density at radius 2 is 2.19 bits per heavy atom. The van der Waals surface area contributed by atoms with Crippen molar-refractivity contribution in [3.8, 4) is 0 Å². The molecule has 4 nitrogen and oxygen atoms in total. The molecule has 0 spiro atoms. The van der Waals surface area contributed by atoms with Crippen LogP contribution >= 0.6 is 0 Å². The number of anilines is 1. The van der Waals surface area contributed by atoms with E-state index in [9.17, 15) is 0 Å². The predicted molar refractivity (Wildman–Crippen MR) is 87.9 cm³/mol. The van der Waals surface area contributed by atoms with Crippen LogP contribution in [0.15, 0.2) is 6.07 Å². The number of pyridine rings is 1. The molecule has 1 fully saturated rings. The van der Waals surface area contributed by atoms with Crippen LogP contribution in [0.4, 0.5) is 5.82 Å². The number of hydrogen-bond acceptors (Lipinski definition) is 4. The first-order chi connectivity index (χ1) is 9.97. The van der Waals surface area contributed by atoms with Crippen molar-refractivity contribution in [2.75, 3.05) is 31.1 Å². The summed E-state index contributed by atoms with van der Waals surface area (Å²) >= 11 is 0. The fourth-order valence-electron chi connectivity index (χ4n) is 2.82. The molecule has 1 saturated heterocycles. The highest BCUT2D eigenvalue weighted by Gasteiger charge is 2.21. The molecular formula is C17H29N3O. The summed E-state index contributed by atoms with van der Waals surface area (Å²) in [7, 11) is 0. The Hall–Kier alpha value is -1.13. The molecule has 0 radical (unpaired) electrons. The van der Waals surface area contributed by atoms with E-state index in [1.807, 2.05) is 0 Å². The van der Waals surface area contributed by atoms with Crippen LogP contribution in [-0.4, -0.2) is 37.3 Å². The highest BCUT2D eigenvalue weighted by molar-refractivity contribution is 5.52. The average Bonchev–Trinajstić information content (AvgIpc) is 2.40. The predicted octanol–water partition coefficient (Wildman–Crippen LogP) is 2.67. The topological polar surface area (TPSA) is 37.4 Å². The number of rotatable bonds is 5. The second-order valence-corrected chi connectivity index (χ2v) is 6.53. The van der Waals surface area contributed by atoms with Crippen molar-refractivity contribution < 1.29 is 4.74 Å². The van der Waals surface area contributed by atoms with Crippen molar-refractivity contribution in [1.29, 1.82) is 0 Å². The lowest BCUT2D eigenvalue weighted by atomic mass is 10.1. The van der Waals surface area contributed by atoms with Crippen molar-refractivity contribution in [1.82, 2.24) is 10.3 Å². The summed E-state index contributed by atoms with van der Waals surface area (Å²) in [6, 6.07) is 2.18. The van der Waals surface area contributed by atoms with Gasteiger partial charge in [0.2, 0.25) is 0 Å². The van der Waals surface area contributed by atoms with E-state index in [1.54, 1.807) is 0 Å². The minimum Gasteiger partial charge on any atom is -0.375 e. The van der Waals surface area contributed by atoms with E-state index in [2.05, 4.69) is 50.9 Å². The van der Waals surface area contributed by atoms with Gasteiger partial charge in [0.15, 0.2) is 0 Å².